The highest BCUT2D eigenvalue weighted by Gasteiger charge is 2.42. The van der Waals surface area contributed by atoms with Crippen molar-refractivity contribution in [3.63, 3.8) is 0 Å². The molecular formula is C25H32N2O3S. The molecule has 5 nitrogen and oxygen atoms in total. The van der Waals surface area contributed by atoms with Gasteiger partial charge in [-0.15, -0.1) is 0 Å². The molecule has 0 radical (unpaired) electrons. The van der Waals surface area contributed by atoms with Crippen molar-refractivity contribution in [3.05, 3.63) is 64.7 Å². The average Bonchev–Trinajstić information content (AvgIpc) is 2.78. The Balaban J connectivity index is 1.49. The van der Waals surface area contributed by atoms with Gasteiger partial charge in [-0.05, 0) is 86.8 Å². The fourth-order valence-corrected chi connectivity index (χ4v) is 6.45. The minimum Gasteiger partial charge on any atom is -0.352 e. The Morgan fingerprint density at radius 3 is 2.58 bits per heavy atom. The van der Waals surface area contributed by atoms with Gasteiger partial charge in [-0.3, -0.25) is 4.79 Å². The summed E-state index contributed by atoms with van der Waals surface area (Å²) >= 11 is 0. The molecule has 1 N–H and O–H groups in total. The van der Waals surface area contributed by atoms with E-state index in [0.717, 1.165) is 36.0 Å². The van der Waals surface area contributed by atoms with Gasteiger partial charge >= 0.3 is 0 Å². The monoisotopic (exact) mass is 440 g/mol. The summed E-state index contributed by atoms with van der Waals surface area (Å²) in [7, 11) is -3.62. The number of hydrogen-bond donors (Lipinski definition) is 1. The van der Waals surface area contributed by atoms with Crippen LogP contribution in [0.1, 0.15) is 54.9 Å². The Morgan fingerprint density at radius 1 is 1.06 bits per heavy atom. The molecule has 0 bridgehead atoms. The van der Waals surface area contributed by atoms with Gasteiger partial charge in [0.05, 0.1) is 10.3 Å². The molecule has 166 valence electrons. The molecule has 1 aliphatic carbocycles. The van der Waals surface area contributed by atoms with Crippen molar-refractivity contribution in [2.24, 2.45) is 5.41 Å². The summed E-state index contributed by atoms with van der Waals surface area (Å²) < 4.78 is 28.3. The summed E-state index contributed by atoms with van der Waals surface area (Å²) in [6, 6.07) is 13.5. The van der Waals surface area contributed by atoms with Crippen molar-refractivity contribution in [2.75, 3.05) is 13.1 Å². The van der Waals surface area contributed by atoms with E-state index in [0.29, 0.717) is 30.8 Å². The van der Waals surface area contributed by atoms with E-state index in [1.54, 1.807) is 6.07 Å². The fourth-order valence-electron chi connectivity index (χ4n) is 4.80. The zero-order valence-electron chi connectivity index (χ0n) is 18.5. The highest BCUT2D eigenvalue weighted by atomic mass is 32.2. The normalized spacial score (nSPS) is 22.0. The van der Waals surface area contributed by atoms with Crippen molar-refractivity contribution >= 4 is 15.9 Å². The van der Waals surface area contributed by atoms with E-state index in [4.69, 9.17) is 0 Å². The van der Waals surface area contributed by atoms with Gasteiger partial charge in [0, 0.05) is 19.6 Å². The minimum absolute atomic E-state index is 0.0823. The smallest absolute Gasteiger partial charge is 0.243 e. The molecule has 1 aliphatic heterocycles. The van der Waals surface area contributed by atoms with Gasteiger partial charge in [0.1, 0.15) is 0 Å². The second-order valence-electron chi connectivity index (χ2n) is 9.25. The summed E-state index contributed by atoms with van der Waals surface area (Å²) in [4.78, 5) is 13.4. The van der Waals surface area contributed by atoms with E-state index in [1.165, 1.54) is 16.3 Å². The van der Waals surface area contributed by atoms with Crippen LogP contribution in [0.2, 0.25) is 0 Å². The Hall–Kier alpha value is -2.18. The van der Waals surface area contributed by atoms with E-state index < -0.39 is 15.4 Å². The first-order chi connectivity index (χ1) is 14.8. The van der Waals surface area contributed by atoms with Crippen LogP contribution in [-0.2, 0) is 34.2 Å². The van der Waals surface area contributed by atoms with Gasteiger partial charge in [-0.25, -0.2) is 8.42 Å². The number of carbonyl (C=O) groups is 1. The number of rotatable bonds is 5. The van der Waals surface area contributed by atoms with Crippen LogP contribution in [0.5, 0.6) is 0 Å². The Morgan fingerprint density at radius 2 is 1.81 bits per heavy atom. The zero-order chi connectivity index (χ0) is 22.1. The van der Waals surface area contributed by atoms with Crippen molar-refractivity contribution in [1.29, 1.82) is 0 Å². The third-order valence-electron chi connectivity index (χ3n) is 6.87. The van der Waals surface area contributed by atoms with Crippen LogP contribution in [0, 0.1) is 12.3 Å². The summed E-state index contributed by atoms with van der Waals surface area (Å²) in [5.74, 6) is -0.0823. The highest BCUT2D eigenvalue weighted by molar-refractivity contribution is 7.89. The van der Waals surface area contributed by atoms with Crippen LogP contribution in [0.15, 0.2) is 47.4 Å². The van der Waals surface area contributed by atoms with Crippen LogP contribution in [0.4, 0.5) is 0 Å². The van der Waals surface area contributed by atoms with E-state index in [2.05, 4.69) is 5.32 Å². The topological polar surface area (TPSA) is 66.5 Å². The molecule has 1 heterocycles. The first kappa shape index (κ1) is 22.0. The summed E-state index contributed by atoms with van der Waals surface area (Å²) in [6.45, 7) is 5.04. The van der Waals surface area contributed by atoms with Gasteiger partial charge in [-0.2, -0.15) is 4.31 Å². The predicted molar refractivity (Wildman–Crippen MR) is 122 cm³/mol. The Labute approximate surface area is 185 Å². The number of fused-ring (bicyclic) bond motifs is 1. The average molecular weight is 441 g/mol. The summed E-state index contributed by atoms with van der Waals surface area (Å²) in [5, 5.41) is 3.04. The number of aryl methyl sites for hydroxylation is 3. The van der Waals surface area contributed by atoms with Crippen LogP contribution in [0.25, 0.3) is 0 Å². The lowest BCUT2D eigenvalue weighted by atomic mass is 9.82. The molecule has 1 atom stereocenters. The molecular weight excluding hydrogens is 408 g/mol. The van der Waals surface area contributed by atoms with E-state index >= 15 is 0 Å². The molecule has 0 aromatic heterocycles. The number of sulfonamides is 1. The second kappa shape index (κ2) is 8.75. The SMILES string of the molecule is Cc1ccccc1CNC(=O)[C@]1(C)CCCN(S(=O)(=O)c2ccc3c(c2)CCCC3)C1. The molecule has 2 aromatic rings. The number of amides is 1. The van der Waals surface area contributed by atoms with Gasteiger partial charge in [0.25, 0.3) is 0 Å². The van der Waals surface area contributed by atoms with Crippen LogP contribution >= 0.6 is 0 Å². The largest absolute Gasteiger partial charge is 0.352 e. The maximum absolute atomic E-state index is 13.4. The molecule has 1 amide bonds. The van der Waals surface area contributed by atoms with E-state index in [1.807, 2.05) is 50.2 Å². The minimum atomic E-state index is -3.62. The first-order valence-corrected chi connectivity index (χ1v) is 12.7. The van der Waals surface area contributed by atoms with Crippen molar-refractivity contribution in [2.45, 2.75) is 63.8 Å². The van der Waals surface area contributed by atoms with Gasteiger partial charge in [0.15, 0.2) is 0 Å². The lowest BCUT2D eigenvalue weighted by molar-refractivity contribution is -0.132. The zero-order valence-corrected chi connectivity index (χ0v) is 19.3. The van der Waals surface area contributed by atoms with E-state index in [-0.39, 0.29) is 12.5 Å². The Bertz CT molecular complexity index is 1080. The lowest BCUT2D eigenvalue weighted by Gasteiger charge is -2.38. The fraction of sp³-hybridized carbons (Fsp3) is 0.480. The lowest BCUT2D eigenvalue weighted by Crippen LogP contribution is -2.51. The summed E-state index contributed by atoms with van der Waals surface area (Å²) in [5.41, 5.74) is 3.90. The quantitative estimate of drug-likeness (QED) is 0.765. The van der Waals surface area contributed by atoms with Crippen LogP contribution in [-0.4, -0.2) is 31.7 Å². The van der Waals surface area contributed by atoms with Crippen molar-refractivity contribution in [1.82, 2.24) is 9.62 Å². The summed E-state index contributed by atoms with van der Waals surface area (Å²) in [6.07, 6.45) is 5.61. The standard InChI is InChI=1S/C25H32N2O3S/c1-19-8-3-4-11-22(19)17-26-24(28)25(2)14-7-15-27(18-25)31(29,30)23-13-12-20-9-5-6-10-21(20)16-23/h3-4,8,11-13,16H,5-7,9-10,14-15,17-18H2,1-2H3,(H,26,28)/t25-/m1/s1. The number of hydrogen-bond acceptors (Lipinski definition) is 3. The molecule has 0 spiro atoms. The third-order valence-corrected chi connectivity index (χ3v) is 8.71. The van der Waals surface area contributed by atoms with Crippen LogP contribution in [0.3, 0.4) is 0 Å². The Kier molecular flexibility index (Phi) is 6.22. The van der Waals surface area contributed by atoms with Gasteiger partial charge < -0.3 is 5.32 Å². The number of carbonyl (C=O) groups excluding carboxylic acids is 1. The molecule has 4 rings (SSSR count). The molecule has 31 heavy (non-hydrogen) atoms. The van der Waals surface area contributed by atoms with Gasteiger partial charge in [0.2, 0.25) is 15.9 Å². The highest BCUT2D eigenvalue weighted by Crippen LogP contribution is 2.34. The maximum atomic E-state index is 13.4. The number of piperidine rings is 1. The molecule has 6 heteroatoms. The molecule has 0 saturated carbocycles. The van der Waals surface area contributed by atoms with Gasteiger partial charge in [-0.1, -0.05) is 30.3 Å². The number of benzene rings is 2. The van der Waals surface area contributed by atoms with Crippen molar-refractivity contribution < 1.29 is 13.2 Å². The predicted octanol–water partition coefficient (Wildman–Crippen LogP) is 3.98. The van der Waals surface area contributed by atoms with E-state index in [9.17, 15) is 13.2 Å². The maximum Gasteiger partial charge on any atom is 0.243 e. The molecule has 2 aliphatic rings. The molecule has 1 fully saturated rings. The molecule has 2 aromatic carbocycles. The number of nitrogens with zero attached hydrogens (tertiary/aromatic N) is 1. The third kappa shape index (κ3) is 4.55. The molecule has 1 saturated heterocycles. The number of nitrogens with one attached hydrogen (secondary N) is 1. The van der Waals surface area contributed by atoms with Crippen LogP contribution < -0.4 is 5.32 Å². The molecule has 0 unspecified atom stereocenters. The second-order valence-corrected chi connectivity index (χ2v) is 11.2. The van der Waals surface area contributed by atoms with Crippen molar-refractivity contribution in [3.8, 4) is 0 Å². The first-order valence-electron chi connectivity index (χ1n) is 11.2.